The van der Waals surface area contributed by atoms with Crippen LogP contribution in [0.4, 0.5) is 5.82 Å². The summed E-state index contributed by atoms with van der Waals surface area (Å²) in [6, 6.07) is 20.7. The summed E-state index contributed by atoms with van der Waals surface area (Å²) >= 11 is 3.51. The van der Waals surface area contributed by atoms with Gasteiger partial charge in [-0.25, -0.2) is 4.98 Å². The van der Waals surface area contributed by atoms with Gasteiger partial charge in [-0.2, -0.15) is 0 Å². The van der Waals surface area contributed by atoms with Gasteiger partial charge in [0.1, 0.15) is 5.82 Å². The highest BCUT2D eigenvalue weighted by Gasteiger charge is 2.05. The number of nitrogens with zero attached hydrogens (tertiary/aromatic N) is 2. The lowest BCUT2D eigenvalue weighted by atomic mass is 10.2. The minimum absolute atomic E-state index is 0.838. The van der Waals surface area contributed by atoms with Crippen molar-refractivity contribution in [3.63, 3.8) is 0 Å². The fourth-order valence-electron chi connectivity index (χ4n) is 2.26. The molecule has 0 bridgehead atoms. The maximum atomic E-state index is 4.71. The van der Waals surface area contributed by atoms with Gasteiger partial charge in [0.25, 0.3) is 0 Å². The van der Waals surface area contributed by atoms with Gasteiger partial charge in [-0.1, -0.05) is 46.3 Å². The first-order valence-electron chi connectivity index (χ1n) is 6.54. The van der Waals surface area contributed by atoms with Crippen molar-refractivity contribution in [1.82, 2.24) is 4.98 Å². The number of aromatic nitrogens is 1. The molecule has 0 saturated carbocycles. The molecule has 2 nitrogen and oxygen atoms in total. The standard InChI is InChI=1S/C17H15BrN2/c1-20(12-13-5-4-7-15(18)11-13)17-10-9-14-6-2-3-8-16(14)19-17/h2-11H,12H2,1H3. The lowest BCUT2D eigenvalue weighted by Gasteiger charge is -2.18. The van der Waals surface area contributed by atoms with E-state index in [9.17, 15) is 0 Å². The zero-order chi connectivity index (χ0) is 13.9. The molecule has 3 aromatic rings. The average molecular weight is 327 g/mol. The zero-order valence-corrected chi connectivity index (χ0v) is 12.8. The quantitative estimate of drug-likeness (QED) is 0.697. The van der Waals surface area contributed by atoms with Gasteiger partial charge in [0.2, 0.25) is 0 Å². The molecule has 0 aliphatic rings. The molecule has 0 aliphatic carbocycles. The summed E-state index contributed by atoms with van der Waals surface area (Å²) in [7, 11) is 2.07. The minimum Gasteiger partial charge on any atom is -0.355 e. The molecule has 3 heteroatoms. The number of hydrogen-bond acceptors (Lipinski definition) is 2. The average Bonchev–Trinajstić information content (AvgIpc) is 2.47. The van der Waals surface area contributed by atoms with Crippen molar-refractivity contribution < 1.29 is 0 Å². The second-order valence-corrected chi connectivity index (χ2v) is 5.76. The lowest BCUT2D eigenvalue weighted by Crippen LogP contribution is -2.17. The molecule has 0 aliphatic heterocycles. The second-order valence-electron chi connectivity index (χ2n) is 4.85. The third-order valence-corrected chi connectivity index (χ3v) is 3.78. The van der Waals surface area contributed by atoms with Crippen LogP contribution in [0.1, 0.15) is 5.56 Å². The van der Waals surface area contributed by atoms with Gasteiger partial charge >= 0.3 is 0 Å². The van der Waals surface area contributed by atoms with E-state index in [4.69, 9.17) is 4.98 Å². The summed E-state index contributed by atoms with van der Waals surface area (Å²) in [5.41, 5.74) is 2.29. The molecule has 0 atom stereocenters. The van der Waals surface area contributed by atoms with E-state index in [0.717, 1.165) is 22.4 Å². The van der Waals surface area contributed by atoms with Crippen LogP contribution in [-0.2, 0) is 6.54 Å². The first-order valence-corrected chi connectivity index (χ1v) is 7.33. The Labute approximate surface area is 127 Å². The Morgan fingerprint density at radius 2 is 1.85 bits per heavy atom. The Morgan fingerprint density at radius 3 is 2.70 bits per heavy atom. The van der Waals surface area contributed by atoms with E-state index in [2.05, 4.69) is 64.3 Å². The van der Waals surface area contributed by atoms with E-state index in [0.29, 0.717) is 0 Å². The Hall–Kier alpha value is -1.87. The molecule has 0 N–H and O–H groups in total. The number of hydrogen-bond donors (Lipinski definition) is 0. The summed E-state index contributed by atoms with van der Waals surface area (Å²) in [5, 5.41) is 1.17. The molecule has 3 rings (SSSR count). The molecule has 2 aromatic carbocycles. The molecule has 1 heterocycles. The number of anilines is 1. The summed E-state index contributed by atoms with van der Waals surface area (Å²) in [6.07, 6.45) is 0. The van der Waals surface area contributed by atoms with Crippen molar-refractivity contribution in [3.05, 3.63) is 70.7 Å². The van der Waals surface area contributed by atoms with Gasteiger partial charge < -0.3 is 4.90 Å². The maximum absolute atomic E-state index is 4.71. The third kappa shape index (κ3) is 2.83. The fourth-order valence-corrected chi connectivity index (χ4v) is 2.70. The number of fused-ring (bicyclic) bond motifs is 1. The maximum Gasteiger partial charge on any atom is 0.129 e. The summed E-state index contributed by atoms with van der Waals surface area (Å²) in [5.74, 6) is 0.990. The van der Waals surface area contributed by atoms with Crippen LogP contribution in [0.2, 0.25) is 0 Å². The van der Waals surface area contributed by atoms with Crippen LogP contribution in [0.15, 0.2) is 65.1 Å². The lowest BCUT2D eigenvalue weighted by molar-refractivity contribution is 0.902. The van der Waals surface area contributed by atoms with Crippen LogP contribution in [-0.4, -0.2) is 12.0 Å². The van der Waals surface area contributed by atoms with Crippen molar-refractivity contribution in [2.45, 2.75) is 6.54 Å². The van der Waals surface area contributed by atoms with Crippen molar-refractivity contribution in [2.24, 2.45) is 0 Å². The number of benzene rings is 2. The van der Waals surface area contributed by atoms with Crippen molar-refractivity contribution in [3.8, 4) is 0 Å². The van der Waals surface area contributed by atoms with E-state index in [1.165, 1.54) is 10.9 Å². The van der Waals surface area contributed by atoms with E-state index >= 15 is 0 Å². The third-order valence-electron chi connectivity index (χ3n) is 3.28. The van der Waals surface area contributed by atoms with Crippen LogP contribution in [0.3, 0.4) is 0 Å². The minimum atomic E-state index is 0.838. The number of halogens is 1. The summed E-state index contributed by atoms with van der Waals surface area (Å²) in [6.45, 7) is 0.838. The number of para-hydroxylation sites is 1. The molecule has 0 saturated heterocycles. The van der Waals surface area contributed by atoms with Gasteiger partial charge in [0.15, 0.2) is 0 Å². The topological polar surface area (TPSA) is 16.1 Å². The largest absolute Gasteiger partial charge is 0.355 e. The van der Waals surface area contributed by atoms with Crippen molar-refractivity contribution in [2.75, 3.05) is 11.9 Å². The molecule has 100 valence electrons. The fraction of sp³-hybridized carbons (Fsp3) is 0.118. The number of rotatable bonds is 3. The molecule has 0 unspecified atom stereocenters. The Morgan fingerprint density at radius 1 is 1.00 bits per heavy atom. The highest BCUT2D eigenvalue weighted by atomic mass is 79.9. The summed E-state index contributed by atoms with van der Waals surface area (Å²) < 4.78 is 1.11. The molecule has 0 amide bonds. The van der Waals surface area contributed by atoms with Gasteiger partial charge in [0.05, 0.1) is 5.52 Å². The van der Waals surface area contributed by atoms with E-state index in [-0.39, 0.29) is 0 Å². The Balaban J connectivity index is 1.86. The molecule has 0 radical (unpaired) electrons. The molecule has 1 aromatic heterocycles. The van der Waals surface area contributed by atoms with E-state index in [1.807, 2.05) is 24.3 Å². The smallest absolute Gasteiger partial charge is 0.129 e. The van der Waals surface area contributed by atoms with Crippen LogP contribution in [0, 0.1) is 0 Å². The van der Waals surface area contributed by atoms with Gasteiger partial charge in [-0.3, -0.25) is 0 Å². The Kier molecular flexibility index (Phi) is 3.70. The normalized spacial score (nSPS) is 10.7. The first-order chi connectivity index (χ1) is 9.72. The summed E-state index contributed by atoms with van der Waals surface area (Å²) in [4.78, 5) is 6.87. The Bertz CT molecular complexity index is 740. The SMILES string of the molecule is CN(Cc1cccc(Br)c1)c1ccc2ccccc2n1. The van der Waals surface area contributed by atoms with E-state index < -0.39 is 0 Å². The molecular weight excluding hydrogens is 312 g/mol. The highest BCUT2D eigenvalue weighted by Crippen LogP contribution is 2.19. The van der Waals surface area contributed by atoms with Crippen LogP contribution in [0.25, 0.3) is 10.9 Å². The van der Waals surface area contributed by atoms with Crippen LogP contribution >= 0.6 is 15.9 Å². The monoisotopic (exact) mass is 326 g/mol. The second kappa shape index (κ2) is 5.63. The first kappa shape index (κ1) is 13.1. The predicted octanol–water partition coefficient (Wildman–Crippen LogP) is 4.63. The molecule has 0 spiro atoms. The number of pyridine rings is 1. The van der Waals surface area contributed by atoms with Crippen LogP contribution in [0.5, 0.6) is 0 Å². The molecular formula is C17H15BrN2. The zero-order valence-electron chi connectivity index (χ0n) is 11.3. The van der Waals surface area contributed by atoms with Crippen LogP contribution < -0.4 is 4.90 Å². The predicted molar refractivity (Wildman–Crippen MR) is 88.0 cm³/mol. The van der Waals surface area contributed by atoms with Crippen molar-refractivity contribution >= 4 is 32.7 Å². The van der Waals surface area contributed by atoms with Gasteiger partial charge in [0, 0.05) is 23.5 Å². The molecule has 0 fully saturated rings. The van der Waals surface area contributed by atoms with Gasteiger partial charge in [-0.15, -0.1) is 0 Å². The van der Waals surface area contributed by atoms with Gasteiger partial charge in [-0.05, 0) is 35.9 Å². The highest BCUT2D eigenvalue weighted by molar-refractivity contribution is 9.10. The molecule has 20 heavy (non-hydrogen) atoms. The van der Waals surface area contributed by atoms with Crippen molar-refractivity contribution in [1.29, 1.82) is 0 Å². The van der Waals surface area contributed by atoms with E-state index in [1.54, 1.807) is 0 Å².